The van der Waals surface area contributed by atoms with Gasteiger partial charge in [0.05, 0.1) is 65.4 Å². The van der Waals surface area contributed by atoms with Crippen LogP contribution in [0.3, 0.4) is 0 Å². The van der Waals surface area contributed by atoms with Gasteiger partial charge < -0.3 is 39.2 Å². The highest BCUT2D eigenvalue weighted by Crippen LogP contribution is 2.45. The van der Waals surface area contributed by atoms with Gasteiger partial charge in [-0.2, -0.15) is 13.2 Å². The number of esters is 1. The van der Waals surface area contributed by atoms with Crippen LogP contribution in [-0.2, 0) is 48.0 Å². The monoisotopic (exact) mass is 1030 g/mol. The van der Waals surface area contributed by atoms with Crippen LogP contribution in [0.15, 0.2) is 29.8 Å². The molecular formula is C51H69F4N9O7S. The molecule has 4 aliphatic rings. The van der Waals surface area contributed by atoms with Gasteiger partial charge in [0.25, 0.3) is 5.91 Å². The Bertz CT molecular complexity index is 2580. The number of pyridine rings is 1. The number of ether oxygens (including phenoxy) is 3. The van der Waals surface area contributed by atoms with E-state index < -0.39 is 54.0 Å². The minimum absolute atomic E-state index is 0.0130. The Labute approximate surface area is 422 Å². The van der Waals surface area contributed by atoms with Crippen molar-refractivity contribution < 1.29 is 51.0 Å². The smallest absolute Gasteiger partial charge is 0.406 e. The number of morpholine rings is 1. The van der Waals surface area contributed by atoms with E-state index in [1.165, 1.54) is 35.9 Å². The van der Waals surface area contributed by atoms with Crippen LogP contribution >= 0.6 is 11.3 Å². The summed E-state index contributed by atoms with van der Waals surface area (Å²) in [7, 11) is 3.18. The highest BCUT2D eigenvalue weighted by Gasteiger charge is 2.38. The zero-order valence-electron chi connectivity index (χ0n) is 42.5. The van der Waals surface area contributed by atoms with Crippen LogP contribution in [0, 0.1) is 23.1 Å². The molecule has 4 amide bonds. The fourth-order valence-electron chi connectivity index (χ4n) is 9.81. The lowest BCUT2D eigenvalue weighted by molar-refractivity contribution is -0.155. The minimum Gasteiger partial charge on any atom is -0.464 e. The summed E-state index contributed by atoms with van der Waals surface area (Å²) in [6.07, 6.45) is -0.138. The van der Waals surface area contributed by atoms with E-state index in [9.17, 15) is 32.3 Å². The van der Waals surface area contributed by atoms with Gasteiger partial charge in [0, 0.05) is 87.0 Å². The number of methoxy groups -OCH3 is 1. The predicted molar refractivity (Wildman–Crippen MR) is 267 cm³/mol. The number of thiazole rings is 1. The normalized spacial score (nSPS) is 21.4. The van der Waals surface area contributed by atoms with E-state index in [0.717, 1.165) is 30.1 Å². The average Bonchev–Trinajstić information content (AvgIpc) is 3.92. The Hall–Kier alpha value is -5.38. The Morgan fingerprint density at radius 3 is 2.46 bits per heavy atom. The number of carbonyl (C=O) groups is 4. The van der Waals surface area contributed by atoms with Crippen LogP contribution in [0.4, 0.5) is 28.0 Å². The molecule has 394 valence electrons. The van der Waals surface area contributed by atoms with Gasteiger partial charge in [0.15, 0.2) is 0 Å². The van der Waals surface area contributed by atoms with Crippen LogP contribution in [0.2, 0.25) is 0 Å². The minimum atomic E-state index is -4.71. The number of anilines is 1. The zero-order valence-corrected chi connectivity index (χ0v) is 43.4. The summed E-state index contributed by atoms with van der Waals surface area (Å²) in [4.78, 5) is 65.4. The molecule has 8 rings (SSSR count). The number of piperidine rings is 1. The number of cyclic esters (lactones) is 1. The number of nitrogens with zero attached hydrogens (tertiary/aromatic N) is 6. The first-order valence-electron chi connectivity index (χ1n) is 24.9. The molecule has 3 aromatic heterocycles. The molecule has 1 aromatic carbocycles. The van der Waals surface area contributed by atoms with E-state index in [1.54, 1.807) is 25.5 Å². The van der Waals surface area contributed by atoms with Crippen molar-refractivity contribution in [1.82, 2.24) is 40.5 Å². The second-order valence-corrected chi connectivity index (χ2v) is 21.5. The summed E-state index contributed by atoms with van der Waals surface area (Å²) in [5, 5.41) is 9.25. The number of hydrogen-bond donors (Lipinski definition) is 3. The van der Waals surface area contributed by atoms with Gasteiger partial charge in [-0.15, -0.1) is 11.3 Å². The molecule has 0 radical (unpaired) electrons. The average molecular weight is 1030 g/mol. The molecule has 4 aromatic rings. The molecule has 72 heavy (non-hydrogen) atoms. The molecule has 3 fully saturated rings. The maximum atomic E-state index is 16.6. The number of urea groups is 1. The number of nitrogens with one attached hydrogen (secondary N) is 3. The van der Waals surface area contributed by atoms with Gasteiger partial charge in [-0.3, -0.25) is 24.4 Å². The second-order valence-electron chi connectivity index (χ2n) is 20.5. The third-order valence-corrected chi connectivity index (χ3v) is 14.3. The van der Waals surface area contributed by atoms with E-state index in [-0.39, 0.29) is 72.7 Å². The molecule has 3 saturated heterocycles. The number of halogens is 4. The SMILES string of the molecule is CNC(=O)N1CCCC(C)C1.COC(C)c1ncc(N2CCOCC2)cc1-c1c2c3cc(c(F)cc3n1CC(F)(F)F)-c1csc(n1)CC(NC(=O)CC(C)C)C(=O)N1CCCC(N1)C(=O)OCC(C)(C)C2. The summed E-state index contributed by atoms with van der Waals surface area (Å²) in [6.45, 7) is 14.0. The quantitative estimate of drug-likeness (QED) is 0.116. The number of alkyl halides is 3. The summed E-state index contributed by atoms with van der Waals surface area (Å²) in [6, 6.07) is 2.61. The molecular weight excluding hydrogens is 959 g/mol. The summed E-state index contributed by atoms with van der Waals surface area (Å²) in [5.74, 6) is -1.50. The van der Waals surface area contributed by atoms with E-state index in [2.05, 4.69) is 27.9 Å². The Morgan fingerprint density at radius 2 is 1.78 bits per heavy atom. The first-order valence-corrected chi connectivity index (χ1v) is 25.7. The molecule has 0 saturated carbocycles. The molecule has 4 unspecified atom stereocenters. The Kier molecular flexibility index (Phi) is 17.5. The first kappa shape index (κ1) is 54.4. The molecule has 7 heterocycles. The van der Waals surface area contributed by atoms with Crippen molar-refractivity contribution in [2.24, 2.45) is 17.3 Å². The van der Waals surface area contributed by atoms with Crippen LogP contribution in [0.25, 0.3) is 33.4 Å². The third-order valence-electron chi connectivity index (χ3n) is 13.5. The number of fused-ring (bicyclic) bond motifs is 6. The number of likely N-dealkylation sites (tertiary alicyclic amines) is 1. The fourth-order valence-corrected chi connectivity index (χ4v) is 10.6. The van der Waals surface area contributed by atoms with E-state index in [1.807, 2.05) is 38.7 Å². The topological polar surface area (TPSA) is 172 Å². The van der Waals surface area contributed by atoms with Crippen LogP contribution < -0.4 is 21.0 Å². The van der Waals surface area contributed by atoms with Crippen LogP contribution in [-0.4, -0.2) is 133 Å². The van der Waals surface area contributed by atoms with Crippen LogP contribution in [0.5, 0.6) is 0 Å². The maximum absolute atomic E-state index is 16.6. The van der Waals surface area contributed by atoms with Crippen molar-refractivity contribution in [3.63, 3.8) is 0 Å². The number of benzene rings is 1. The van der Waals surface area contributed by atoms with E-state index in [0.29, 0.717) is 78.0 Å². The summed E-state index contributed by atoms with van der Waals surface area (Å²) in [5.41, 5.74) is 4.57. The number of aromatic nitrogens is 3. The number of rotatable bonds is 8. The predicted octanol–water partition coefficient (Wildman–Crippen LogP) is 7.82. The maximum Gasteiger partial charge on any atom is 0.406 e. The zero-order chi connectivity index (χ0) is 52.1. The molecule has 0 aliphatic carbocycles. The van der Waals surface area contributed by atoms with Gasteiger partial charge >= 0.3 is 18.2 Å². The second kappa shape index (κ2) is 23.2. The fraction of sp³-hybridized carbons (Fsp3) is 0.608. The van der Waals surface area contributed by atoms with E-state index >= 15 is 4.39 Å². The Balaban J connectivity index is 0.000000611. The van der Waals surface area contributed by atoms with Crippen molar-refractivity contribution >= 4 is 51.7 Å². The third kappa shape index (κ3) is 13.2. The summed E-state index contributed by atoms with van der Waals surface area (Å²) >= 11 is 1.17. The van der Waals surface area contributed by atoms with Gasteiger partial charge in [-0.25, -0.2) is 19.6 Å². The molecule has 0 spiro atoms. The lowest BCUT2D eigenvalue weighted by atomic mass is 9.84. The number of hydrogen-bond acceptors (Lipinski definition) is 12. The molecule has 4 aliphatic heterocycles. The Morgan fingerprint density at radius 1 is 1.04 bits per heavy atom. The highest BCUT2D eigenvalue weighted by molar-refractivity contribution is 7.10. The molecule has 4 atom stereocenters. The van der Waals surface area contributed by atoms with Gasteiger partial charge in [0.2, 0.25) is 5.91 Å². The molecule has 16 nitrogen and oxygen atoms in total. The molecule has 6 bridgehead atoms. The summed E-state index contributed by atoms with van der Waals surface area (Å²) < 4.78 is 79.4. The number of carbonyl (C=O) groups excluding carboxylic acids is 4. The van der Waals surface area contributed by atoms with Crippen molar-refractivity contribution in [2.45, 2.75) is 117 Å². The van der Waals surface area contributed by atoms with Crippen molar-refractivity contribution in [1.29, 1.82) is 0 Å². The number of hydrazine groups is 1. The highest BCUT2D eigenvalue weighted by atomic mass is 32.1. The van der Waals surface area contributed by atoms with E-state index in [4.69, 9.17) is 24.2 Å². The van der Waals surface area contributed by atoms with Crippen molar-refractivity contribution in [3.8, 4) is 22.5 Å². The largest absolute Gasteiger partial charge is 0.464 e. The van der Waals surface area contributed by atoms with Gasteiger partial charge in [0.1, 0.15) is 24.4 Å². The standard InChI is InChI=1S/C43H53F4N7O6S.C8H16N2O/c1-24(2)14-36(55)49-33-18-37-50-34(21-61-37)28-16-27-30(19-42(4,5)23-60-41(57)32-8-7-9-54(51-32)40(33)56)39(53(22-43(45,46)47)35(27)17-31(28)44)29-15-26(52-10-12-59-13-11-52)20-48-38(29)25(3)58-6;1-7-4-3-5-10(6-7)8(11)9-2/h15-17,20-21,24-25,32-33,51H,7-14,18-19,22-23H2,1-6H3,(H,49,55);7H,3-6H2,1-2H3,(H,9,11). The lowest BCUT2D eigenvalue weighted by Crippen LogP contribution is -2.60. The van der Waals surface area contributed by atoms with Crippen molar-refractivity contribution in [3.05, 3.63) is 51.9 Å². The molecule has 3 N–H and O–H groups in total. The molecule has 21 heteroatoms. The van der Waals surface area contributed by atoms with Gasteiger partial charge in [-0.1, -0.05) is 34.6 Å². The first-order chi connectivity index (χ1) is 34.1. The van der Waals surface area contributed by atoms with Crippen LogP contribution in [0.1, 0.15) is 96.0 Å². The number of amides is 4. The van der Waals surface area contributed by atoms with Gasteiger partial charge in [-0.05, 0) is 74.6 Å². The lowest BCUT2D eigenvalue weighted by Gasteiger charge is -2.35. The van der Waals surface area contributed by atoms with Crippen molar-refractivity contribution in [2.75, 3.05) is 71.6 Å².